The minimum absolute atomic E-state index is 0.0853. The first-order valence-electron chi connectivity index (χ1n) is 4.84. The number of carboxylic acid groups (broad SMARTS) is 2. The molecule has 0 heterocycles. The Labute approximate surface area is 109 Å². The molecule has 0 aliphatic heterocycles. The van der Waals surface area contributed by atoms with Gasteiger partial charge in [-0.25, -0.2) is 9.59 Å². The number of hydrogen-bond donors (Lipinski definition) is 3. The van der Waals surface area contributed by atoms with Crippen LogP contribution in [-0.4, -0.2) is 27.3 Å². The lowest BCUT2D eigenvalue weighted by Gasteiger charge is -2.09. The Morgan fingerprint density at radius 2 is 1.67 bits per heavy atom. The van der Waals surface area contributed by atoms with Gasteiger partial charge in [0.25, 0.3) is 0 Å². The molecule has 0 aliphatic rings. The lowest BCUT2D eigenvalue weighted by Crippen LogP contribution is -2.04. The third kappa shape index (κ3) is 1.80. The highest BCUT2D eigenvalue weighted by Gasteiger charge is 2.19. The Hall–Kier alpha value is -2.08. The maximum Gasteiger partial charge on any atom is 0.336 e. The fourth-order valence-corrected chi connectivity index (χ4v) is 2.23. The molecule has 6 heteroatoms. The summed E-state index contributed by atoms with van der Waals surface area (Å²) in [7, 11) is 0. The molecule has 2 rings (SSSR count). The van der Waals surface area contributed by atoms with Crippen molar-refractivity contribution in [3.63, 3.8) is 0 Å². The van der Waals surface area contributed by atoms with Crippen molar-refractivity contribution in [3.05, 3.63) is 39.9 Å². The standard InChI is InChI=1S/C12H7BrO5/c13-10-5-2-1-3-6(11(15)16)9(5)7(12(17)18)4-8(10)14/h1-4,14H,(H,15,16)(H,17,18). The molecule has 2 aromatic carbocycles. The molecule has 0 aliphatic carbocycles. The molecular formula is C12H7BrO5. The van der Waals surface area contributed by atoms with Crippen LogP contribution in [0.5, 0.6) is 5.75 Å². The van der Waals surface area contributed by atoms with Gasteiger partial charge >= 0.3 is 11.9 Å². The van der Waals surface area contributed by atoms with Gasteiger partial charge in [0, 0.05) is 10.8 Å². The zero-order valence-electron chi connectivity index (χ0n) is 8.85. The molecule has 0 fully saturated rings. The van der Waals surface area contributed by atoms with Crippen molar-refractivity contribution in [1.29, 1.82) is 0 Å². The van der Waals surface area contributed by atoms with Crippen molar-refractivity contribution in [2.24, 2.45) is 0 Å². The summed E-state index contributed by atoms with van der Waals surface area (Å²) >= 11 is 3.11. The number of fused-ring (bicyclic) bond motifs is 1. The van der Waals surface area contributed by atoms with Gasteiger partial charge < -0.3 is 15.3 Å². The van der Waals surface area contributed by atoms with E-state index in [-0.39, 0.29) is 26.7 Å². The molecule has 0 amide bonds. The minimum Gasteiger partial charge on any atom is -0.507 e. The highest BCUT2D eigenvalue weighted by atomic mass is 79.9. The molecule has 0 atom stereocenters. The van der Waals surface area contributed by atoms with Crippen molar-refractivity contribution < 1.29 is 24.9 Å². The molecule has 2 aromatic rings. The van der Waals surface area contributed by atoms with Gasteiger partial charge in [0.15, 0.2) is 0 Å². The van der Waals surface area contributed by atoms with Crippen LogP contribution in [0.4, 0.5) is 0 Å². The van der Waals surface area contributed by atoms with Crippen molar-refractivity contribution in [1.82, 2.24) is 0 Å². The van der Waals surface area contributed by atoms with Crippen LogP contribution in [0.1, 0.15) is 20.7 Å². The molecular weight excluding hydrogens is 304 g/mol. The van der Waals surface area contributed by atoms with Crippen LogP contribution in [0.25, 0.3) is 10.8 Å². The van der Waals surface area contributed by atoms with E-state index in [9.17, 15) is 14.7 Å². The number of carboxylic acids is 2. The molecule has 0 aromatic heterocycles. The number of aromatic hydroxyl groups is 1. The highest BCUT2D eigenvalue weighted by Crippen LogP contribution is 2.36. The fourth-order valence-electron chi connectivity index (χ4n) is 1.78. The van der Waals surface area contributed by atoms with Gasteiger partial charge in [0.05, 0.1) is 15.6 Å². The van der Waals surface area contributed by atoms with Gasteiger partial charge in [-0.2, -0.15) is 0 Å². The van der Waals surface area contributed by atoms with E-state index in [1.807, 2.05) is 0 Å². The average molecular weight is 311 g/mol. The molecule has 0 saturated heterocycles. The van der Waals surface area contributed by atoms with E-state index in [1.165, 1.54) is 18.2 Å². The smallest absolute Gasteiger partial charge is 0.336 e. The summed E-state index contributed by atoms with van der Waals surface area (Å²) < 4.78 is 0.269. The quantitative estimate of drug-likeness (QED) is 0.792. The molecule has 0 spiro atoms. The topological polar surface area (TPSA) is 94.8 Å². The molecule has 18 heavy (non-hydrogen) atoms. The van der Waals surface area contributed by atoms with E-state index >= 15 is 0 Å². The van der Waals surface area contributed by atoms with Gasteiger partial charge in [0.2, 0.25) is 0 Å². The number of hydrogen-bond acceptors (Lipinski definition) is 3. The lowest BCUT2D eigenvalue weighted by atomic mass is 9.99. The van der Waals surface area contributed by atoms with Crippen molar-refractivity contribution >= 4 is 38.6 Å². The zero-order valence-corrected chi connectivity index (χ0v) is 10.4. The van der Waals surface area contributed by atoms with E-state index in [0.29, 0.717) is 5.39 Å². The molecule has 0 radical (unpaired) electrons. The number of aromatic carboxylic acids is 2. The number of benzene rings is 2. The number of carbonyl (C=O) groups is 2. The number of phenolic OH excluding ortho intramolecular Hbond substituents is 1. The Morgan fingerprint density at radius 1 is 1.06 bits per heavy atom. The Bertz CT molecular complexity index is 678. The van der Waals surface area contributed by atoms with E-state index in [4.69, 9.17) is 10.2 Å². The third-order valence-corrected chi connectivity index (χ3v) is 3.37. The van der Waals surface area contributed by atoms with Crippen molar-refractivity contribution in [3.8, 4) is 5.75 Å². The summed E-state index contributed by atoms with van der Waals surface area (Å²) in [5.41, 5.74) is -0.366. The summed E-state index contributed by atoms with van der Waals surface area (Å²) in [6, 6.07) is 5.38. The van der Waals surface area contributed by atoms with Gasteiger partial charge in [0.1, 0.15) is 5.75 Å². The maximum atomic E-state index is 11.1. The first kappa shape index (κ1) is 12.4. The predicted molar refractivity (Wildman–Crippen MR) is 67.2 cm³/mol. The second kappa shape index (κ2) is 4.30. The summed E-state index contributed by atoms with van der Waals surface area (Å²) in [5, 5.41) is 28.2. The van der Waals surface area contributed by atoms with Crippen LogP contribution < -0.4 is 0 Å². The number of rotatable bonds is 2. The monoisotopic (exact) mass is 310 g/mol. The van der Waals surface area contributed by atoms with E-state index in [1.54, 1.807) is 0 Å². The average Bonchev–Trinajstić information content (AvgIpc) is 2.32. The summed E-state index contributed by atoms with van der Waals surface area (Å²) in [4.78, 5) is 22.2. The van der Waals surface area contributed by atoms with Gasteiger partial charge in [-0.15, -0.1) is 0 Å². The van der Waals surface area contributed by atoms with Crippen LogP contribution in [0.15, 0.2) is 28.7 Å². The van der Waals surface area contributed by atoms with Crippen LogP contribution in [0.3, 0.4) is 0 Å². The van der Waals surface area contributed by atoms with Crippen molar-refractivity contribution in [2.75, 3.05) is 0 Å². The summed E-state index contributed by atoms with van der Waals surface area (Å²) in [6.45, 7) is 0. The number of phenols is 1. The predicted octanol–water partition coefficient (Wildman–Crippen LogP) is 2.70. The second-order valence-corrected chi connectivity index (χ2v) is 4.39. The van der Waals surface area contributed by atoms with Crippen LogP contribution in [0, 0.1) is 0 Å². The van der Waals surface area contributed by atoms with E-state index in [0.717, 1.165) is 6.07 Å². The Balaban J connectivity index is 3.04. The molecule has 5 nitrogen and oxygen atoms in total. The largest absolute Gasteiger partial charge is 0.507 e. The van der Waals surface area contributed by atoms with E-state index in [2.05, 4.69) is 15.9 Å². The second-order valence-electron chi connectivity index (χ2n) is 3.60. The molecule has 92 valence electrons. The Kier molecular flexibility index (Phi) is 2.96. The summed E-state index contributed by atoms with van der Waals surface area (Å²) in [6.07, 6.45) is 0. The third-order valence-electron chi connectivity index (χ3n) is 2.54. The van der Waals surface area contributed by atoms with E-state index < -0.39 is 11.9 Å². The molecule has 0 unspecified atom stereocenters. The first-order chi connectivity index (χ1) is 8.43. The van der Waals surface area contributed by atoms with Crippen molar-refractivity contribution in [2.45, 2.75) is 0 Å². The fraction of sp³-hybridized carbons (Fsp3) is 0. The SMILES string of the molecule is O=C(O)c1cccc2c(Br)c(O)cc(C(=O)O)c12. The molecule has 0 saturated carbocycles. The van der Waals surface area contributed by atoms with Gasteiger partial charge in [-0.05, 0) is 28.1 Å². The molecule has 0 bridgehead atoms. The molecule has 3 N–H and O–H groups in total. The Morgan fingerprint density at radius 3 is 2.22 bits per heavy atom. The van der Waals surface area contributed by atoms with Crippen LogP contribution >= 0.6 is 15.9 Å². The van der Waals surface area contributed by atoms with Crippen LogP contribution in [-0.2, 0) is 0 Å². The van der Waals surface area contributed by atoms with Gasteiger partial charge in [-0.3, -0.25) is 0 Å². The van der Waals surface area contributed by atoms with Gasteiger partial charge in [-0.1, -0.05) is 12.1 Å². The zero-order chi connectivity index (χ0) is 13.4. The first-order valence-corrected chi connectivity index (χ1v) is 5.63. The minimum atomic E-state index is -1.29. The highest BCUT2D eigenvalue weighted by molar-refractivity contribution is 9.10. The summed E-state index contributed by atoms with van der Waals surface area (Å²) in [5.74, 6) is -2.76. The lowest BCUT2D eigenvalue weighted by molar-refractivity contribution is 0.0695. The maximum absolute atomic E-state index is 11.1. The van der Waals surface area contributed by atoms with Crippen LogP contribution in [0.2, 0.25) is 0 Å². The number of halogens is 1. The normalized spacial score (nSPS) is 10.5.